The monoisotopic (exact) mass is 291 g/mol. The lowest BCUT2D eigenvalue weighted by atomic mass is 10.1. The first-order chi connectivity index (χ1) is 10.7. The predicted molar refractivity (Wildman–Crippen MR) is 85.0 cm³/mol. The maximum atomic E-state index is 12.5. The number of rotatable bonds is 3. The Hall–Kier alpha value is -3.26. The minimum atomic E-state index is -0.262. The highest BCUT2D eigenvalue weighted by atomic mass is 16.5. The Balaban J connectivity index is 1.98. The van der Waals surface area contributed by atoms with Gasteiger partial charge in [0.25, 0.3) is 5.91 Å². The first kappa shape index (κ1) is 13.7. The van der Waals surface area contributed by atoms with Crippen LogP contribution in [0.2, 0.25) is 0 Å². The van der Waals surface area contributed by atoms with Gasteiger partial charge in [-0.15, -0.1) is 6.42 Å². The number of benzene rings is 2. The standard InChI is InChI=1S/C17H13N3O2/c1-3-11-5-4-6-13(7-11)19-17(21)15-9-14(22-2)8-12-10-18-20-16(12)15/h1,4-10H,2H3,(H,18,20)(H,19,21). The fourth-order valence-corrected chi connectivity index (χ4v) is 2.21. The van der Waals surface area contributed by atoms with Crippen molar-refractivity contribution in [3.8, 4) is 18.1 Å². The van der Waals surface area contributed by atoms with Gasteiger partial charge in [0, 0.05) is 16.6 Å². The van der Waals surface area contributed by atoms with Crippen LogP contribution in [0.5, 0.6) is 5.75 Å². The number of H-pyrrole nitrogens is 1. The second kappa shape index (κ2) is 5.62. The van der Waals surface area contributed by atoms with E-state index < -0.39 is 0 Å². The number of anilines is 1. The van der Waals surface area contributed by atoms with Gasteiger partial charge >= 0.3 is 0 Å². The maximum Gasteiger partial charge on any atom is 0.257 e. The Morgan fingerprint density at radius 2 is 2.23 bits per heavy atom. The van der Waals surface area contributed by atoms with Gasteiger partial charge in [-0.1, -0.05) is 12.0 Å². The van der Waals surface area contributed by atoms with Gasteiger partial charge in [0.2, 0.25) is 0 Å². The third kappa shape index (κ3) is 2.50. The molecular weight excluding hydrogens is 278 g/mol. The highest BCUT2D eigenvalue weighted by molar-refractivity contribution is 6.12. The molecule has 0 radical (unpaired) electrons. The van der Waals surface area contributed by atoms with Crippen LogP contribution in [0.4, 0.5) is 5.69 Å². The van der Waals surface area contributed by atoms with Crippen LogP contribution >= 0.6 is 0 Å². The van der Waals surface area contributed by atoms with Gasteiger partial charge in [-0.05, 0) is 30.3 Å². The number of ether oxygens (including phenoxy) is 1. The van der Waals surface area contributed by atoms with Crippen molar-refractivity contribution in [1.29, 1.82) is 0 Å². The van der Waals surface area contributed by atoms with E-state index in [4.69, 9.17) is 11.2 Å². The molecule has 1 heterocycles. The van der Waals surface area contributed by atoms with Crippen LogP contribution in [0.25, 0.3) is 10.9 Å². The second-order valence-corrected chi connectivity index (χ2v) is 4.69. The Labute approximate surface area is 127 Å². The number of fused-ring (bicyclic) bond motifs is 1. The lowest BCUT2D eigenvalue weighted by Crippen LogP contribution is -2.12. The highest BCUT2D eigenvalue weighted by Crippen LogP contribution is 2.24. The molecule has 5 heteroatoms. The van der Waals surface area contributed by atoms with E-state index in [2.05, 4.69) is 21.4 Å². The van der Waals surface area contributed by atoms with Crippen molar-refractivity contribution in [2.75, 3.05) is 12.4 Å². The Bertz CT molecular complexity index is 890. The fraction of sp³-hybridized carbons (Fsp3) is 0.0588. The van der Waals surface area contributed by atoms with Crippen LogP contribution in [0.15, 0.2) is 42.6 Å². The Morgan fingerprint density at radius 1 is 1.36 bits per heavy atom. The molecule has 0 aliphatic carbocycles. The molecule has 3 rings (SSSR count). The molecule has 1 aromatic heterocycles. The number of carbonyl (C=O) groups excluding carboxylic acids is 1. The quantitative estimate of drug-likeness (QED) is 0.729. The molecule has 0 spiro atoms. The summed E-state index contributed by atoms with van der Waals surface area (Å²) in [5, 5.41) is 10.4. The van der Waals surface area contributed by atoms with Crippen LogP contribution in [0.3, 0.4) is 0 Å². The highest BCUT2D eigenvalue weighted by Gasteiger charge is 2.14. The van der Waals surface area contributed by atoms with Gasteiger partial charge < -0.3 is 10.1 Å². The van der Waals surface area contributed by atoms with Crippen LogP contribution in [0.1, 0.15) is 15.9 Å². The molecule has 0 saturated carbocycles. The Morgan fingerprint density at radius 3 is 3.00 bits per heavy atom. The van der Waals surface area contributed by atoms with Crippen molar-refractivity contribution in [2.45, 2.75) is 0 Å². The molecular formula is C17H13N3O2. The lowest BCUT2D eigenvalue weighted by Gasteiger charge is -2.08. The Kier molecular flexibility index (Phi) is 3.50. The summed E-state index contributed by atoms with van der Waals surface area (Å²) < 4.78 is 5.22. The normalized spacial score (nSPS) is 10.2. The summed E-state index contributed by atoms with van der Waals surface area (Å²) in [5.74, 6) is 2.87. The van der Waals surface area contributed by atoms with Gasteiger partial charge in [0.1, 0.15) is 5.75 Å². The molecule has 22 heavy (non-hydrogen) atoms. The summed E-state index contributed by atoms with van der Waals surface area (Å²) in [6.07, 6.45) is 7.01. The number of hydrogen-bond acceptors (Lipinski definition) is 3. The molecule has 0 bridgehead atoms. The van der Waals surface area contributed by atoms with Crippen LogP contribution < -0.4 is 10.1 Å². The smallest absolute Gasteiger partial charge is 0.257 e. The zero-order chi connectivity index (χ0) is 15.5. The number of aromatic nitrogens is 2. The molecule has 0 fully saturated rings. The number of amides is 1. The molecule has 2 N–H and O–H groups in total. The predicted octanol–water partition coefficient (Wildman–Crippen LogP) is 2.81. The number of nitrogens with one attached hydrogen (secondary N) is 2. The number of hydrogen-bond donors (Lipinski definition) is 2. The number of carbonyl (C=O) groups is 1. The zero-order valence-corrected chi connectivity index (χ0v) is 11.9. The molecule has 2 aromatic carbocycles. The van der Waals surface area contributed by atoms with Crippen LogP contribution in [0, 0.1) is 12.3 Å². The first-order valence-electron chi connectivity index (χ1n) is 6.60. The van der Waals surface area contributed by atoms with Crippen molar-refractivity contribution in [3.05, 3.63) is 53.7 Å². The molecule has 5 nitrogen and oxygen atoms in total. The summed E-state index contributed by atoms with van der Waals surface area (Å²) >= 11 is 0. The van der Waals surface area contributed by atoms with Crippen molar-refractivity contribution >= 4 is 22.5 Å². The van der Waals surface area contributed by atoms with Gasteiger partial charge in [0.05, 0.1) is 24.4 Å². The largest absolute Gasteiger partial charge is 0.497 e. The molecule has 108 valence electrons. The van der Waals surface area contributed by atoms with E-state index in [1.807, 2.05) is 6.07 Å². The summed E-state index contributed by atoms with van der Waals surface area (Å²) in [4.78, 5) is 12.5. The van der Waals surface area contributed by atoms with Gasteiger partial charge in [0.15, 0.2) is 0 Å². The topological polar surface area (TPSA) is 67.0 Å². The minimum Gasteiger partial charge on any atom is -0.497 e. The lowest BCUT2D eigenvalue weighted by molar-refractivity contribution is 0.102. The van der Waals surface area contributed by atoms with E-state index in [1.165, 1.54) is 0 Å². The second-order valence-electron chi connectivity index (χ2n) is 4.69. The van der Waals surface area contributed by atoms with Gasteiger partial charge in [-0.25, -0.2) is 0 Å². The molecule has 0 aliphatic rings. The molecule has 3 aromatic rings. The van der Waals surface area contributed by atoms with E-state index in [0.717, 1.165) is 5.39 Å². The van der Waals surface area contributed by atoms with Crippen molar-refractivity contribution in [3.63, 3.8) is 0 Å². The SMILES string of the molecule is C#Cc1cccc(NC(=O)c2cc(OC)cc3cn[nH]c23)c1. The number of methoxy groups -OCH3 is 1. The van der Waals surface area contributed by atoms with E-state index in [9.17, 15) is 4.79 Å². The first-order valence-corrected chi connectivity index (χ1v) is 6.60. The average molecular weight is 291 g/mol. The van der Waals surface area contributed by atoms with Crippen molar-refractivity contribution < 1.29 is 9.53 Å². The number of aromatic amines is 1. The zero-order valence-electron chi connectivity index (χ0n) is 11.9. The van der Waals surface area contributed by atoms with E-state index in [0.29, 0.717) is 28.1 Å². The molecule has 0 aliphatic heterocycles. The summed E-state index contributed by atoms with van der Waals surface area (Å²) in [5.41, 5.74) is 2.45. The van der Waals surface area contributed by atoms with Gasteiger partial charge in [-0.2, -0.15) is 5.10 Å². The summed E-state index contributed by atoms with van der Waals surface area (Å²) in [6.45, 7) is 0. The van der Waals surface area contributed by atoms with Crippen LogP contribution in [-0.2, 0) is 0 Å². The third-order valence-corrected chi connectivity index (χ3v) is 3.29. The van der Waals surface area contributed by atoms with E-state index in [-0.39, 0.29) is 5.91 Å². The number of terminal acetylenes is 1. The van der Waals surface area contributed by atoms with Crippen molar-refractivity contribution in [1.82, 2.24) is 10.2 Å². The van der Waals surface area contributed by atoms with E-state index >= 15 is 0 Å². The third-order valence-electron chi connectivity index (χ3n) is 3.29. The molecule has 0 saturated heterocycles. The van der Waals surface area contributed by atoms with E-state index in [1.54, 1.807) is 43.6 Å². The van der Waals surface area contributed by atoms with Crippen molar-refractivity contribution in [2.24, 2.45) is 0 Å². The van der Waals surface area contributed by atoms with Gasteiger partial charge in [-0.3, -0.25) is 9.89 Å². The fourth-order valence-electron chi connectivity index (χ4n) is 2.21. The summed E-state index contributed by atoms with van der Waals surface area (Å²) in [7, 11) is 1.55. The maximum absolute atomic E-state index is 12.5. The molecule has 0 unspecified atom stereocenters. The number of nitrogens with zero attached hydrogens (tertiary/aromatic N) is 1. The molecule has 1 amide bonds. The summed E-state index contributed by atoms with van der Waals surface area (Å²) in [6, 6.07) is 10.6. The molecule has 0 atom stereocenters. The van der Waals surface area contributed by atoms with Crippen LogP contribution in [-0.4, -0.2) is 23.2 Å². The minimum absolute atomic E-state index is 0.262. The average Bonchev–Trinajstić information content (AvgIpc) is 3.02.